The van der Waals surface area contributed by atoms with Crippen LogP contribution in [-0.4, -0.2) is 33.5 Å². The molecule has 0 aromatic heterocycles. The average molecular weight is 273 g/mol. The van der Waals surface area contributed by atoms with Crippen LogP contribution in [0, 0.1) is 5.82 Å². The summed E-state index contributed by atoms with van der Waals surface area (Å²) in [5, 5.41) is 3.19. The van der Waals surface area contributed by atoms with Crippen LogP contribution < -0.4 is 5.32 Å². The lowest BCUT2D eigenvalue weighted by molar-refractivity contribution is 0.561. The maximum absolute atomic E-state index is 13.2. The summed E-state index contributed by atoms with van der Waals surface area (Å²) in [6.45, 7) is 3.46. The molecular formula is C13H20FNO2S. The molecule has 0 heterocycles. The normalized spacial score (nSPS) is 13.5. The molecule has 18 heavy (non-hydrogen) atoms. The van der Waals surface area contributed by atoms with Crippen LogP contribution in [0.25, 0.3) is 0 Å². The summed E-state index contributed by atoms with van der Waals surface area (Å²) in [4.78, 5) is 0. The van der Waals surface area contributed by atoms with Crippen molar-refractivity contribution >= 4 is 9.84 Å². The van der Waals surface area contributed by atoms with Gasteiger partial charge in [-0.2, -0.15) is 0 Å². The molecule has 0 amide bonds. The van der Waals surface area contributed by atoms with Crippen LogP contribution >= 0.6 is 0 Å². The first-order valence-electron chi connectivity index (χ1n) is 6.06. The summed E-state index contributed by atoms with van der Waals surface area (Å²) < 4.78 is 35.6. The van der Waals surface area contributed by atoms with E-state index in [1.807, 2.05) is 13.0 Å². The van der Waals surface area contributed by atoms with E-state index >= 15 is 0 Å². The summed E-state index contributed by atoms with van der Waals surface area (Å²) in [7, 11) is -2.98. The molecule has 0 saturated carbocycles. The van der Waals surface area contributed by atoms with Crippen molar-refractivity contribution in [3.8, 4) is 0 Å². The van der Waals surface area contributed by atoms with Crippen molar-refractivity contribution in [2.45, 2.75) is 19.3 Å². The molecular weight excluding hydrogens is 253 g/mol. The predicted molar refractivity (Wildman–Crippen MR) is 72.0 cm³/mol. The zero-order valence-electron chi connectivity index (χ0n) is 10.8. The standard InChI is InChI=1S/C13H20FNO2S/c1-3-15-10-12(7-8-18(2,16)17)11-5-4-6-13(14)9-11/h4-6,9,12,15H,3,7-8,10H2,1-2H3. The fourth-order valence-corrected chi connectivity index (χ4v) is 2.53. The van der Waals surface area contributed by atoms with E-state index in [9.17, 15) is 12.8 Å². The first-order valence-corrected chi connectivity index (χ1v) is 8.12. The van der Waals surface area contributed by atoms with Crippen LogP contribution in [0.1, 0.15) is 24.8 Å². The Balaban J connectivity index is 2.77. The van der Waals surface area contributed by atoms with Crippen molar-refractivity contribution in [2.24, 2.45) is 0 Å². The number of halogens is 1. The van der Waals surface area contributed by atoms with Crippen LogP contribution in [0.4, 0.5) is 4.39 Å². The van der Waals surface area contributed by atoms with Crippen LogP contribution in [0.15, 0.2) is 24.3 Å². The van der Waals surface area contributed by atoms with E-state index in [2.05, 4.69) is 5.32 Å². The van der Waals surface area contributed by atoms with Gasteiger partial charge in [0.05, 0.1) is 5.75 Å². The Hall–Kier alpha value is -0.940. The first kappa shape index (κ1) is 15.1. The van der Waals surface area contributed by atoms with E-state index in [-0.39, 0.29) is 17.5 Å². The monoisotopic (exact) mass is 273 g/mol. The zero-order chi connectivity index (χ0) is 13.6. The first-order chi connectivity index (χ1) is 8.42. The highest BCUT2D eigenvalue weighted by Crippen LogP contribution is 2.20. The molecule has 0 fully saturated rings. The van der Waals surface area contributed by atoms with Gasteiger partial charge in [0.25, 0.3) is 0 Å². The number of likely N-dealkylation sites (N-methyl/N-ethyl adjacent to an activating group) is 1. The van der Waals surface area contributed by atoms with Crippen LogP contribution in [-0.2, 0) is 9.84 Å². The number of rotatable bonds is 7. The summed E-state index contributed by atoms with van der Waals surface area (Å²) >= 11 is 0. The Labute approximate surface area is 108 Å². The molecule has 1 atom stereocenters. The van der Waals surface area contributed by atoms with Gasteiger partial charge in [-0.1, -0.05) is 19.1 Å². The Morgan fingerprint density at radius 3 is 2.67 bits per heavy atom. The van der Waals surface area contributed by atoms with E-state index in [0.29, 0.717) is 13.0 Å². The Morgan fingerprint density at radius 2 is 2.11 bits per heavy atom. The molecule has 102 valence electrons. The van der Waals surface area contributed by atoms with Gasteiger partial charge in [-0.25, -0.2) is 12.8 Å². The van der Waals surface area contributed by atoms with Crippen LogP contribution in [0.3, 0.4) is 0 Å². The number of sulfone groups is 1. The van der Waals surface area contributed by atoms with Crippen LogP contribution in [0.5, 0.6) is 0 Å². The Morgan fingerprint density at radius 1 is 1.39 bits per heavy atom. The van der Waals surface area contributed by atoms with Gasteiger partial charge >= 0.3 is 0 Å². The van der Waals surface area contributed by atoms with E-state index in [1.54, 1.807) is 6.07 Å². The number of nitrogens with one attached hydrogen (secondary N) is 1. The molecule has 1 aromatic carbocycles. The highest BCUT2D eigenvalue weighted by Gasteiger charge is 2.14. The quantitative estimate of drug-likeness (QED) is 0.826. The van der Waals surface area contributed by atoms with Crippen molar-refractivity contribution in [3.63, 3.8) is 0 Å². The highest BCUT2D eigenvalue weighted by atomic mass is 32.2. The fraction of sp³-hybridized carbons (Fsp3) is 0.538. The van der Waals surface area contributed by atoms with E-state index in [4.69, 9.17) is 0 Å². The Bertz CT molecular complexity index is 474. The third-order valence-electron chi connectivity index (χ3n) is 2.80. The molecule has 1 N–H and O–H groups in total. The van der Waals surface area contributed by atoms with E-state index < -0.39 is 9.84 Å². The molecule has 0 spiro atoms. The fourth-order valence-electron chi connectivity index (χ4n) is 1.82. The van der Waals surface area contributed by atoms with Crippen molar-refractivity contribution in [1.82, 2.24) is 5.32 Å². The maximum atomic E-state index is 13.2. The molecule has 0 bridgehead atoms. The lowest BCUT2D eigenvalue weighted by atomic mass is 9.96. The molecule has 1 aromatic rings. The van der Waals surface area contributed by atoms with Gasteiger partial charge in [-0.05, 0) is 36.6 Å². The number of hydrogen-bond donors (Lipinski definition) is 1. The predicted octanol–water partition coefficient (Wildman–Crippen LogP) is 1.95. The van der Waals surface area contributed by atoms with Crippen molar-refractivity contribution in [1.29, 1.82) is 0 Å². The van der Waals surface area contributed by atoms with Gasteiger partial charge in [0.15, 0.2) is 0 Å². The summed E-state index contributed by atoms with van der Waals surface area (Å²) in [6, 6.07) is 6.37. The largest absolute Gasteiger partial charge is 0.316 e. The SMILES string of the molecule is CCNCC(CCS(C)(=O)=O)c1cccc(F)c1. The summed E-state index contributed by atoms with van der Waals surface area (Å²) in [5.74, 6) is -0.136. The minimum atomic E-state index is -2.98. The molecule has 0 radical (unpaired) electrons. The zero-order valence-corrected chi connectivity index (χ0v) is 11.6. The third-order valence-corrected chi connectivity index (χ3v) is 3.78. The minimum absolute atomic E-state index is 0.0235. The molecule has 0 aliphatic rings. The Kier molecular flexibility index (Phi) is 5.75. The van der Waals surface area contributed by atoms with E-state index in [1.165, 1.54) is 18.4 Å². The van der Waals surface area contributed by atoms with E-state index in [0.717, 1.165) is 12.1 Å². The van der Waals surface area contributed by atoms with Gasteiger partial charge in [0.1, 0.15) is 15.7 Å². The molecule has 1 rings (SSSR count). The van der Waals surface area contributed by atoms with Gasteiger partial charge < -0.3 is 5.32 Å². The summed E-state index contributed by atoms with van der Waals surface area (Å²) in [5.41, 5.74) is 0.847. The molecule has 0 aliphatic heterocycles. The third kappa shape index (κ3) is 5.60. The maximum Gasteiger partial charge on any atom is 0.147 e. The molecule has 5 heteroatoms. The second kappa shape index (κ2) is 6.85. The van der Waals surface area contributed by atoms with Crippen molar-refractivity contribution < 1.29 is 12.8 Å². The van der Waals surface area contributed by atoms with Gasteiger partial charge in [-0.3, -0.25) is 0 Å². The molecule has 0 aliphatic carbocycles. The van der Waals surface area contributed by atoms with Gasteiger partial charge in [0.2, 0.25) is 0 Å². The second-order valence-corrected chi connectivity index (χ2v) is 6.74. The molecule has 1 unspecified atom stereocenters. The topological polar surface area (TPSA) is 46.2 Å². The average Bonchev–Trinajstić information content (AvgIpc) is 2.28. The minimum Gasteiger partial charge on any atom is -0.316 e. The lowest BCUT2D eigenvalue weighted by Crippen LogP contribution is -2.23. The van der Waals surface area contributed by atoms with Crippen molar-refractivity contribution in [2.75, 3.05) is 25.1 Å². The highest BCUT2D eigenvalue weighted by molar-refractivity contribution is 7.90. The smallest absolute Gasteiger partial charge is 0.147 e. The number of hydrogen-bond acceptors (Lipinski definition) is 3. The second-order valence-electron chi connectivity index (χ2n) is 4.48. The molecule has 0 saturated heterocycles. The van der Waals surface area contributed by atoms with Crippen molar-refractivity contribution in [3.05, 3.63) is 35.6 Å². The number of benzene rings is 1. The van der Waals surface area contributed by atoms with Gasteiger partial charge in [-0.15, -0.1) is 0 Å². The summed E-state index contributed by atoms with van der Waals surface area (Å²) in [6.07, 6.45) is 1.73. The molecule has 3 nitrogen and oxygen atoms in total. The van der Waals surface area contributed by atoms with Gasteiger partial charge in [0, 0.05) is 12.8 Å². The van der Waals surface area contributed by atoms with Crippen LogP contribution in [0.2, 0.25) is 0 Å². The lowest BCUT2D eigenvalue weighted by Gasteiger charge is -2.17.